The van der Waals surface area contributed by atoms with Crippen LogP contribution < -0.4 is 0 Å². The molecule has 0 aromatic rings. The van der Waals surface area contributed by atoms with Crippen LogP contribution >= 0.6 is 0 Å². The zero-order valence-corrected chi connectivity index (χ0v) is 13.4. The molecule has 0 aliphatic rings. The molecule has 0 fully saturated rings. The van der Waals surface area contributed by atoms with Crippen LogP contribution in [0.5, 0.6) is 0 Å². The molecule has 0 heterocycles. The van der Waals surface area contributed by atoms with Gasteiger partial charge in [0.1, 0.15) is 6.29 Å². The van der Waals surface area contributed by atoms with Gasteiger partial charge in [-0.15, -0.1) is 6.58 Å². The fourth-order valence-electron chi connectivity index (χ4n) is 1.03. The van der Waals surface area contributed by atoms with Crippen LogP contribution in [0.4, 0.5) is 0 Å². The van der Waals surface area contributed by atoms with Crippen molar-refractivity contribution in [1.29, 1.82) is 0 Å². The molecule has 3 nitrogen and oxygen atoms in total. The lowest BCUT2D eigenvalue weighted by molar-refractivity contribution is -0.108. The molecule has 3 heteroatoms. The molecule has 0 aromatic heterocycles. The van der Waals surface area contributed by atoms with Crippen molar-refractivity contribution < 1.29 is 9.90 Å². The molecular formula is C15H35NO2. The summed E-state index contributed by atoms with van der Waals surface area (Å²) in [5.74, 6) is 0. The molecule has 0 bridgehead atoms. The fraction of sp³-hybridized carbons (Fsp3) is 0.800. The predicted molar refractivity (Wildman–Crippen MR) is 83.1 cm³/mol. The molecule has 0 saturated carbocycles. The molecular weight excluding hydrogens is 226 g/mol. The maximum atomic E-state index is 10.1. The van der Waals surface area contributed by atoms with E-state index in [1.165, 1.54) is 0 Å². The average Bonchev–Trinajstić information content (AvgIpc) is 2.44. The number of hydrogen-bond acceptors (Lipinski definition) is 3. The molecule has 0 saturated heterocycles. The first kappa shape index (κ1) is 26.0. The molecule has 0 aromatic carbocycles. The molecule has 0 unspecified atom stereocenters. The van der Waals surface area contributed by atoms with Gasteiger partial charge in [-0.3, -0.25) is 4.90 Å². The van der Waals surface area contributed by atoms with Crippen molar-refractivity contribution in [1.82, 2.24) is 4.90 Å². The summed E-state index contributed by atoms with van der Waals surface area (Å²) in [7, 11) is 1.00. The van der Waals surface area contributed by atoms with E-state index >= 15 is 0 Å². The summed E-state index contributed by atoms with van der Waals surface area (Å²) in [6.07, 6.45) is 6.20. The Kier molecular flexibility index (Phi) is 52.0. The highest BCUT2D eigenvalue weighted by Gasteiger charge is 1.98. The van der Waals surface area contributed by atoms with Gasteiger partial charge in [-0.25, -0.2) is 0 Å². The second-order valence-electron chi connectivity index (χ2n) is 3.16. The second kappa shape index (κ2) is 36.0. The molecule has 0 amide bonds. The largest absolute Gasteiger partial charge is 0.400 e. The van der Waals surface area contributed by atoms with Gasteiger partial charge in [-0.1, -0.05) is 40.7 Å². The molecule has 0 spiro atoms. The van der Waals surface area contributed by atoms with E-state index in [1.807, 2.05) is 19.9 Å². The van der Waals surface area contributed by atoms with Crippen LogP contribution in [-0.2, 0) is 4.79 Å². The van der Waals surface area contributed by atoms with Gasteiger partial charge in [0.25, 0.3) is 0 Å². The maximum Gasteiger partial charge on any atom is 0.133 e. The van der Waals surface area contributed by atoms with Crippen molar-refractivity contribution in [2.45, 2.75) is 53.9 Å². The Morgan fingerprint density at radius 1 is 1.06 bits per heavy atom. The highest BCUT2D eigenvalue weighted by Crippen LogP contribution is 1.91. The molecule has 1 N–H and O–H groups in total. The van der Waals surface area contributed by atoms with Crippen molar-refractivity contribution in [3.05, 3.63) is 12.7 Å². The Labute approximate surface area is 115 Å². The summed E-state index contributed by atoms with van der Waals surface area (Å²) >= 11 is 0. The highest BCUT2D eigenvalue weighted by atomic mass is 16.2. The molecule has 18 heavy (non-hydrogen) atoms. The highest BCUT2D eigenvalue weighted by molar-refractivity contribution is 5.51. The molecule has 0 aliphatic carbocycles. The van der Waals surface area contributed by atoms with Crippen LogP contribution in [0.2, 0.25) is 0 Å². The van der Waals surface area contributed by atoms with Crippen molar-refractivity contribution in [3.63, 3.8) is 0 Å². The SMILES string of the molecule is C=CCC.CC.CCCN(CC=O)CCC.CO. The Morgan fingerprint density at radius 2 is 1.39 bits per heavy atom. The first-order chi connectivity index (χ1) is 8.76. The van der Waals surface area contributed by atoms with Crippen LogP contribution in [0, 0.1) is 0 Å². The Hall–Kier alpha value is -0.670. The molecule has 0 rings (SSSR count). The van der Waals surface area contributed by atoms with Gasteiger partial charge in [0.2, 0.25) is 0 Å². The minimum atomic E-state index is 0.599. The van der Waals surface area contributed by atoms with Crippen LogP contribution in [0.15, 0.2) is 12.7 Å². The van der Waals surface area contributed by atoms with Gasteiger partial charge in [0, 0.05) is 7.11 Å². The number of aldehydes is 1. The summed E-state index contributed by atoms with van der Waals surface area (Å²) < 4.78 is 0. The summed E-state index contributed by atoms with van der Waals surface area (Å²) in [4.78, 5) is 12.3. The van der Waals surface area contributed by atoms with Crippen molar-refractivity contribution in [2.75, 3.05) is 26.7 Å². The number of carbonyl (C=O) groups excluding carboxylic acids is 1. The van der Waals surface area contributed by atoms with Gasteiger partial charge >= 0.3 is 0 Å². The minimum Gasteiger partial charge on any atom is -0.400 e. The second-order valence-corrected chi connectivity index (χ2v) is 3.16. The van der Waals surface area contributed by atoms with Crippen LogP contribution in [-0.4, -0.2) is 43.0 Å². The van der Waals surface area contributed by atoms with Gasteiger partial charge in [0.15, 0.2) is 0 Å². The van der Waals surface area contributed by atoms with Crippen molar-refractivity contribution in [3.8, 4) is 0 Å². The van der Waals surface area contributed by atoms with Gasteiger partial charge < -0.3 is 9.90 Å². The summed E-state index contributed by atoms with van der Waals surface area (Å²) in [6, 6.07) is 0. The maximum absolute atomic E-state index is 10.1. The Balaban J connectivity index is -0.000000102. The van der Waals surface area contributed by atoms with Crippen molar-refractivity contribution >= 4 is 6.29 Å². The Morgan fingerprint density at radius 3 is 1.56 bits per heavy atom. The quantitative estimate of drug-likeness (QED) is 0.563. The number of allylic oxidation sites excluding steroid dienone is 1. The van der Waals surface area contributed by atoms with E-state index < -0.39 is 0 Å². The van der Waals surface area contributed by atoms with E-state index in [1.54, 1.807) is 0 Å². The number of carbonyl (C=O) groups is 1. The van der Waals surface area contributed by atoms with E-state index in [2.05, 4.69) is 32.3 Å². The van der Waals surface area contributed by atoms with E-state index in [0.29, 0.717) is 6.54 Å². The predicted octanol–water partition coefficient (Wildman–Crippen LogP) is 3.52. The van der Waals surface area contributed by atoms with Crippen LogP contribution in [0.25, 0.3) is 0 Å². The van der Waals surface area contributed by atoms with E-state index in [-0.39, 0.29) is 0 Å². The number of rotatable bonds is 7. The fourth-order valence-corrected chi connectivity index (χ4v) is 1.03. The average molecular weight is 261 g/mol. The number of nitrogens with zero attached hydrogens (tertiary/aromatic N) is 1. The lowest BCUT2D eigenvalue weighted by Gasteiger charge is -2.16. The monoisotopic (exact) mass is 261 g/mol. The summed E-state index contributed by atoms with van der Waals surface area (Å²) in [5, 5.41) is 7.00. The number of hydrogen-bond donors (Lipinski definition) is 1. The van der Waals surface area contributed by atoms with Crippen LogP contribution in [0.1, 0.15) is 53.9 Å². The number of aliphatic hydroxyl groups is 1. The molecule has 0 atom stereocenters. The zero-order valence-electron chi connectivity index (χ0n) is 13.4. The van der Waals surface area contributed by atoms with Gasteiger partial charge in [-0.2, -0.15) is 0 Å². The molecule has 112 valence electrons. The lowest BCUT2D eigenvalue weighted by atomic mass is 10.3. The van der Waals surface area contributed by atoms with Crippen molar-refractivity contribution in [2.24, 2.45) is 0 Å². The molecule has 0 radical (unpaired) electrons. The van der Waals surface area contributed by atoms with Gasteiger partial charge in [-0.05, 0) is 32.4 Å². The summed E-state index contributed by atoms with van der Waals surface area (Å²) in [5.41, 5.74) is 0. The normalized spacial score (nSPS) is 7.78. The smallest absolute Gasteiger partial charge is 0.133 e. The van der Waals surface area contributed by atoms with Crippen LogP contribution in [0.3, 0.4) is 0 Å². The Bertz CT molecular complexity index is 122. The van der Waals surface area contributed by atoms with E-state index in [0.717, 1.165) is 45.7 Å². The molecule has 0 aliphatic heterocycles. The first-order valence-corrected chi connectivity index (χ1v) is 6.98. The van der Waals surface area contributed by atoms with Gasteiger partial charge in [0.05, 0.1) is 6.54 Å². The standard InChI is InChI=1S/C8H17NO.C4H8.C2H6.CH4O/c1-3-5-9(6-4-2)7-8-10;1-3-4-2;2*1-2/h8H,3-7H2,1-2H3;3H,1,4H2,2H3;1-2H3;2H,1H3. The number of aliphatic hydroxyl groups excluding tert-OH is 1. The summed E-state index contributed by atoms with van der Waals surface area (Å²) in [6.45, 7) is 16.5. The lowest BCUT2D eigenvalue weighted by Crippen LogP contribution is -2.27. The zero-order chi connectivity index (χ0) is 15.2. The first-order valence-electron chi connectivity index (χ1n) is 6.98. The third kappa shape index (κ3) is 36.2. The third-order valence-electron chi connectivity index (χ3n) is 1.70. The third-order valence-corrected chi connectivity index (χ3v) is 1.70. The van der Waals surface area contributed by atoms with E-state index in [9.17, 15) is 4.79 Å². The van der Waals surface area contributed by atoms with E-state index in [4.69, 9.17) is 5.11 Å². The topological polar surface area (TPSA) is 40.5 Å². The minimum absolute atomic E-state index is 0.599.